The minimum atomic E-state index is -0.969. The van der Waals surface area contributed by atoms with Crippen molar-refractivity contribution in [2.45, 2.75) is 25.3 Å². The van der Waals surface area contributed by atoms with Gasteiger partial charge in [-0.15, -0.1) is 0 Å². The molecular weight excluding hydrogens is 262 g/mol. The third-order valence-electron chi connectivity index (χ3n) is 3.87. The van der Waals surface area contributed by atoms with Gasteiger partial charge in [-0.1, -0.05) is 6.92 Å². The Labute approximate surface area is 115 Å². The molecule has 1 aromatic rings. The van der Waals surface area contributed by atoms with E-state index in [0.29, 0.717) is 30.7 Å². The van der Waals surface area contributed by atoms with Crippen molar-refractivity contribution in [2.24, 2.45) is 0 Å². The van der Waals surface area contributed by atoms with Crippen molar-refractivity contribution < 1.29 is 18.8 Å². The molecule has 106 valence electrons. The second-order valence-corrected chi connectivity index (χ2v) is 5.08. The average Bonchev–Trinajstić information content (AvgIpc) is 3.09. The first-order chi connectivity index (χ1) is 9.55. The lowest BCUT2D eigenvalue weighted by Gasteiger charge is -2.21. The summed E-state index contributed by atoms with van der Waals surface area (Å²) in [6.45, 7) is 2.53. The molecule has 0 radical (unpaired) electrons. The molecule has 2 saturated heterocycles. The smallest absolute Gasteiger partial charge is 0.322 e. The quantitative estimate of drug-likeness (QED) is 0.759. The van der Waals surface area contributed by atoms with Gasteiger partial charge in [0.1, 0.15) is 11.3 Å². The first kappa shape index (κ1) is 12.7. The van der Waals surface area contributed by atoms with Gasteiger partial charge in [0.05, 0.1) is 18.4 Å². The molecule has 1 unspecified atom stereocenters. The Bertz CT molecular complexity index is 594. The van der Waals surface area contributed by atoms with Gasteiger partial charge in [-0.2, -0.15) is 0 Å². The van der Waals surface area contributed by atoms with E-state index in [4.69, 9.17) is 4.42 Å². The van der Waals surface area contributed by atoms with Crippen LogP contribution in [0.1, 0.15) is 29.5 Å². The Morgan fingerprint density at radius 2 is 2.30 bits per heavy atom. The van der Waals surface area contributed by atoms with Gasteiger partial charge in [0.2, 0.25) is 0 Å². The minimum absolute atomic E-state index is 0.165. The molecule has 7 heteroatoms. The monoisotopic (exact) mass is 277 g/mol. The van der Waals surface area contributed by atoms with Crippen LogP contribution in [0.25, 0.3) is 0 Å². The van der Waals surface area contributed by atoms with Crippen molar-refractivity contribution in [1.29, 1.82) is 0 Å². The number of rotatable bonds is 2. The summed E-state index contributed by atoms with van der Waals surface area (Å²) in [5, 5.41) is 4.84. The summed E-state index contributed by atoms with van der Waals surface area (Å²) in [7, 11) is 0. The molecule has 3 heterocycles. The van der Waals surface area contributed by atoms with Crippen LogP contribution in [-0.2, 0) is 11.2 Å². The van der Waals surface area contributed by atoms with Crippen LogP contribution >= 0.6 is 0 Å². The summed E-state index contributed by atoms with van der Waals surface area (Å²) in [5.74, 6) is 0.109. The second-order valence-electron chi connectivity index (χ2n) is 5.08. The normalized spacial score (nSPS) is 25.1. The maximum absolute atomic E-state index is 12.4. The highest BCUT2D eigenvalue weighted by Crippen LogP contribution is 2.26. The molecule has 20 heavy (non-hydrogen) atoms. The van der Waals surface area contributed by atoms with Gasteiger partial charge in [0.15, 0.2) is 0 Å². The molecule has 2 aliphatic rings. The predicted molar refractivity (Wildman–Crippen MR) is 68.0 cm³/mol. The zero-order valence-corrected chi connectivity index (χ0v) is 11.1. The fourth-order valence-electron chi connectivity index (χ4n) is 2.77. The van der Waals surface area contributed by atoms with Gasteiger partial charge < -0.3 is 14.6 Å². The molecule has 2 fully saturated rings. The summed E-state index contributed by atoms with van der Waals surface area (Å²) in [4.78, 5) is 37.1. The van der Waals surface area contributed by atoms with Crippen molar-refractivity contribution in [3.05, 3.63) is 23.7 Å². The molecule has 0 aliphatic carbocycles. The molecule has 0 aromatic carbocycles. The van der Waals surface area contributed by atoms with Crippen LogP contribution in [0.2, 0.25) is 0 Å². The molecule has 0 bridgehead atoms. The maximum Gasteiger partial charge on any atom is 0.322 e. The van der Waals surface area contributed by atoms with Crippen molar-refractivity contribution in [3.63, 3.8) is 0 Å². The van der Waals surface area contributed by atoms with Crippen LogP contribution < -0.4 is 10.6 Å². The minimum Gasteiger partial charge on any atom is -0.469 e. The molecule has 0 saturated carbocycles. The number of likely N-dealkylation sites (tertiary alicyclic amines) is 1. The molecule has 1 aromatic heterocycles. The van der Waals surface area contributed by atoms with Gasteiger partial charge in [-0.3, -0.25) is 14.9 Å². The Kier molecular flexibility index (Phi) is 2.77. The Balaban J connectivity index is 1.79. The number of hydrogen-bond acceptors (Lipinski definition) is 4. The van der Waals surface area contributed by atoms with Gasteiger partial charge in [0, 0.05) is 13.0 Å². The highest BCUT2D eigenvalue weighted by molar-refractivity contribution is 6.08. The molecule has 7 nitrogen and oxygen atoms in total. The van der Waals surface area contributed by atoms with E-state index in [1.54, 1.807) is 11.0 Å². The van der Waals surface area contributed by atoms with Gasteiger partial charge >= 0.3 is 6.03 Å². The van der Waals surface area contributed by atoms with E-state index in [1.807, 2.05) is 6.92 Å². The van der Waals surface area contributed by atoms with Gasteiger partial charge in [-0.25, -0.2) is 4.79 Å². The lowest BCUT2D eigenvalue weighted by molar-refractivity contribution is -0.123. The molecule has 1 atom stereocenters. The van der Waals surface area contributed by atoms with E-state index in [0.717, 1.165) is 0 Å². The van der Waals surface area contributed by atoms with E-state index >= 15 is 0 Å². The van der Waals surface area contributed by atoms with Crippen LogP contribution in [0, 0.1) is 0 Å². The predicted octanol–water partition coefficient (Wildman–Crippen LogP) is 0.266. The standard InChI is InChI=1S/C13H15N3O4/c1-2-9-8(3-6-20-9)10(17)16-5-4-13(7-16)11(18)14-12(19)15-13/h3,6H,2,4-5,7H2,1H3,(H2,14,15,18,19). The number of amides is 4. The number of imide groups is 1. The summed E-state index contributed by atoms with van der Waals surface area (Å²) in [6, 6.07) is 1.14. The first-order valence-electron chi connectivity index (χ1n) is 6.55. The van der Waals surface area contributed by atoms with Crippen molar-refractivity contribution in [1.82, 2.24) is 15.5 Å². The SMILES string of the molecule is CCc1occc1C(=O)N1CCC2(C1)NC(=O)NC2=O. The van der Waals surface area contributed by atoms with Crippen LogP contribution in [0.4, 0.5) is 4.79 Å². The van der Waals surface area contributed by atoms with Gasteiger partial charge in [-0.05, 0) is 12.5 Å². The van der Waals surface area contributed by atoms with Gasteiger partial charge in [0.25, 0.3) is 11.8 Å². The van der Waals surface area contributed by atoms with Crippen LogP contribution in [-0.4, -0.2) is 41.4 Å². The fourth-order valence-corrected chi connectivity index (χ4v) is 2.77. The Morgan fingerprint density at radius 3 is 2.95 bits per heavy atom. The highest BCUT2D eigenvalue weighted by Gasteiger charge is 2.51. The number of carbonyl (C=O) groups is 3. The van der Waals surface area contributed by atoms with E-state index in [-0.39, 0.29) is 18.4 Å². The zero-order chi connectivity index (χ0) is 14.3. The average molecular weight is 277 g/mol. The van der Waals surface area contributed by atoms with E-state index in [2.05, 4.69) is 10.6 Å². The number of furan rings is 1. The lowest BCUT2D eigenvalue weighted by Crippen LogP contribution is -2.49. The van der Waals surface area contributed by atoms with Crippen LogP contribution in [0.15, 0.2) is 16.7 Å². The van der Waals surface area contributed by atoms with E-state index in [1.165, 1.54) is 6.26 Å². The molecule has 2 aliphatic heterocycles. The first-order valence-corrected chi connectivity index (χ1v) is 6.55. The topological polar surface area (TPSA) is 91.7 Å². The Hall–Kier alpha value is -2.31. The number of urea groups is 1. The largest absolute Gasteiger partial charge is 0.469 e. The molecule has 1 spiro atoms. The molecule has 3 rings (SSSR count). The molecular formula is C13H15N3O4. The summed E-state index contributed by atoms with van der Waals surface area (Å²) >= 11 is 0. The number of aryl methyl sites for hydroxylation is 1. The number of hydrogen-bond donors (Lipinski definition) is 2. The maximum atomic E-state index is 12.4. The van der Waals surface area contributed by atoms with Crippen LogP contribution in [0.3, 0.4) is 0 Å². The number of nitrogens with zero attached hydrogens (tertiary/aromatic N) is 1. The zero-order valence-electron chi connectivity index (χ0n) is 11.1. The van der Waals surface area contributed by atoms with Crippen molar-refractivity contribution >= 4 is 17.8 Å². The Morgan fingerprint density at radius 1 is 1.50 bits per heavy atom. The number of nitrogens with one attached hydrogen (secondary N) is 2. The van der Waals surface area contributed by atoms with Crippen molar-refractivity contribution in [3.8, 4) is 0 Å². The lowest BCUT2D eigenvalue weighted by atomic mass is 9.99. The third-order valence-corrected chi connectivity index (χ3v) is 3.87. The van der Waals surface area contributed by atoms with E-state index < -0.39 is 11.6 Å². The fraction of sp³-hybridized carbons (Fsp3) is 0.462. The van der Waals surface area contributed by atoms with Crippen molar-refractivity contribution in [2.75, 3.05) is 13.1 Å². The van der Waals surface area contributed by atoms with E-state index in [9.17, 15) is 14.4 Å². The summed E-state index contributed by atoms with van der Waals surface area (Å²) < 4.78 is 5.25. The summed E-state index contributed by atoms with van der Waals surface area (Å²) in [6.07, 6.45) is 2.54. The third kappa shape index (κ3) is 1.77. The summed E-state index contributed by atoms with van der Waals surface area (Å²) in [5.41, 5.74) is -0.447. The number of carbonyl (C=O) groups excluding carboxylic acids is 3. The second kappa shape index (κ2) is 4.36. The van der Waals surface area contributed by atoms with Crippen LogP contribution in [0.5, 0.6) is 0 Å². The molecule has 4 amide bonds. The molecule has 2 N–H and O–H groups in total. The highest BCUT2D eigenvalue weighted by atomic mass is 16.3.